The predicted molar refractivity (Wildman–Crippen MR) is 98.2 cm³/mol. The van der Waals surface area contributed by atoms with Crippen molar-refractivity contribution in [3.05, 3.63) is 0 Å². The number of piperidine rings is 2. The molecule has 3 aliphatic rings. The van der Waals surface area contributed by atoms with Crippen LogP contribution in [0.15, 0.2) is 0 Å². The summed E-state index contributed by atoms with van der Waals surface area (Å²) in [5.41, 5.74) is 2.03. The third-order valence-corrected chi connectivity index (χ3v) is 5.98. The molecule has 8 nitrogen and oxygen atoms in total. The minimum Gasteiger partial charge on any atom is -0.341 e. The van der Waals surface area contributed by atoms with Gasteiger partial charge in [0, 0.05) is 32.2 Å². The topological polar surface area (TPSA) is 77.2 Å². The first-order chi connectivity index (χ1) is 12.8. The van der Waals surface area contributed by atoms with Crippen molar-refractivity contribution in [2.24, 2.45) is 0 Å². The average Bonchev–Trinajstić information content (AvgIpc) is 2.72. The van der Waals surface area contributed by atoms with Gasteiger partial charge in [0.05, 0.1) is 12.6 Å². The highest BCUT2D eigenvalue weighted by atomic mass is 16.7. The van der Waals surface area contributed by atoms with Gasteiger partial charge >= 0.3 is 5.97 Å². The predicted octanol–water partition coefficient (Wildman–Crippen LogP) is -0.238. The van der Waals surface area contributed by atoms with Crippen molar-refractivity contribution in [3.63, 3.8) is 0 Å². The maximum atomic E-state index is 12.1. The van der Waals surface area contributed by atoms with Gasteiger partial charge in [-0.2, -0.15) is 5.48 Å². The van der Waals surface area contributed by atoms with Crippen LogP contribution in [0.25, 0.3) is 0 Å². The number of hydroxylamine groups is 1. The van der Waals surface area contributed by atoms with Gasteiger partial charge in [-0.25, -0.2) is 4.79 Å². The fourth-order valence-corrected chi connectivity index (χ4v) is 4.56. The number of nitrogens with one attached hydrogen (secondary N) is 2. The normalized spacial score (nSPS) is 25.5. The van der Waals surface area contributed by atoms with Gasteiger partial charge < -0.3 is 10.2 Å². The molecule has 0 aliphatic carbocycles. The second kappa shape index (κ2) is 10.2. The molecule has 0 aromatic rings. The van der Waals surface area contributed by atoms with Crippen molar-refractivity contribution in [2.45, 2.75) is 50.7 Å². The molecule has 2 N–H and O–H groups in total. The van der Waals surface area contributed by atoms with E-state index >= 15 is 0 Å². The van der Waals surface area contributed by atoms with Gasteiger partial charge in [-0.1, -0.05) is 6.42 Å². The zero-order chi connectivity index (χ0) is 18.2. The molecule has 1 atom stereocenters. The van der Waals surface area contributed by atoms with E-state index in [-0.39, 0.29) is 12.1 Å². The van der Waals surface area contributed by atoms with Gasteiger partial charge in [-0.3, -0.25) is 19.5 Å². The Morgan fingerprint density at radius 2 is 1.69 bits per heavy atom. The largest absolute Gasteiger partial charge is 0.341 e. The van der Waals surface area contributed by atoms with Crippen LogP contribution in [0.4, 0.5) is 0 Å². The number of likely N-dealkylation sites (tertiary alicyclic amines) is 1. The Kier molecular flexibility index (Phi) is 7.67. The Morgan fingerprint density at radius 1 is 1.04 bits per heavy atom. The van der Waals surface area contributed by atoms with Gasteiger partial charge in [0.15, 0.2) is 0 Å². The molecule has 26 heavy (non-hydrogen) atoms. The molecule has 0 aromatic heterocycles. The molecule has 0 aromatic carbocycles. The Bertz CT molecular complexity index is 444. The number of nitrogens with zero attached hydrogens (tertiary/aromatic N) is 3. The zero-order valence-corrected chi connectivity index (χ0v) is 15.7. The summed E-state index contributed by atoms with van der Waals surface area (Å²) in [6.07, 6.45) is 6.88. The Morgan fingerprint density at radius 3 is 2.35 bits per heavy atom. The van der Waals surface area contributed by atoms with Gasteiger partial charge in [0.25, 0.3) is 0 Å². The second-order valence-electron chi connectivity index (χ2n) is 7.54. The number of amides is 1. The molecular formula is C18H33N5O3. The first kappa shape index (κ1) is 19.5. The smallest absolute Gasteiger partial charge is 0.335 e. The number of rotatable bonds is 7. The van der Waals surface area contributed by atoms with Gasteiger partial charge in [0.1, 0.15) is 0 Å². The molecule has 0 spiro atoms. The third-order valence-electron chi connectivity index (χ3n) is 5.98. The molecule has 3 rings (SSSR count). The average molecular weight is 367 g/mol. The van der Waals surface area contributed by atoms with Crippen LogP contribution in [0.1, 0.15) is 38.5 Å². The zero-order valence-electron chi connectivity index (χ0n) is 15.7. The number of piperazine rings is 1. The second-order valence-corrected chi connectivity index (χ2v) is 7.54. The lowest BCUT2D eigenvalue weighted by atomic mass is 10.0. The Hall–Kier alpha value is -1.22. The van der Waals surface area contributed by atoms with Crippen LogP contribution in [0.3, 0.4) is 0 Å². The molecule has 0 saturated carbocycles. The van der Waals surface area contributed by atoms with E-state index in [9.17, 15) is 9.59 Å². The van der Waals surface area contributed by atoms with E-state index in [0.29, 0.717) is 18.9 Å². The monoisotopic (exact) mass is 367 g/mol. The molecule has 3 aliphatic heterocycles. The van der Waals surface area contributed by atoms with E-state index in [1.807, 2.05) is 5.48 Å². The molecule has 148 valence electrons. The fourth-order valence-electron chi connectivity index (χ4n) is 4.56. The van der Waals surface area contributed by atoms with Crippen molar-refractivity contribution in [3.8, 4) is 0 Å². The maximum Gasteiger partial charge on any atom is 0.335 e. The molecule has 3 saturated heterocycles. The van der Waals surface area contributed by atoms with E-state index < -0.39 is 0 Å². The van der Waals surface area contributed by atoms with E-state index in [4.69, 9.17) is 4.84 Å². The van der Waals surface area contributed by atoms with Crippen LogP contribution in [-0.2, 0) is 14.4 Å². The molecular weight excluding hydrogens is 334 g/mol. The molecule has 8 heteroatoms. The summed E-state index contributed by atoms with van der Waals surface area (Å²) in [7, 11) is 0. The van der Waals surface area contributed by atoms with Crippen LogP contribution < -0.4 is 10.8 Å². The van der Waals surface area contributed by atoms with Crippen LogP contribution in [0, 0.1) is 0 Å². The van der Waals surface area contributed by atoms with Gasteiger partial charge in [-0.05, 0) is 51.9 Å². The first-order valence-electron chi connectivity index (χ1n) is 10.1. The number of carbonyl (C=O) groups excluding carboxylic acids is 2. The summed E-state index contributed by atoms with van der Waals surface area (Å²) in [5, 5.41) is 3.44. The fraction of sp³-hybridized carbons (Fsp3) is 0.889. The Labute approximate surface area is 156 Å². The summed E-state index contributed by atoms with van der Waals surface area (Å²) in [5.74, 6) is -0.367. The minimum absolute atomic E-state index is 0.0754. The molecule has 3 fully saturated rings. The summed E-state index contributed by atoms with van der Waals surface area (Å²) in [4.78, 5) is 34.7. The lowest BCUT2D eigenvalue weighted by molar-refractivity contribution is -0.158. The lowest BCUT2D eigenvalue weighted by Crippen LogP contribution is -2.59. The number of hydrogen-bond acceptors (Lipinski definition) is 7. The van der Waals surface area contributed by atoms with Crippen molar-refractivity contribution >= 4 is 12.4 Å². The SMILES string of the molecule is O=CNOC(=O)CC(N1CCCCC1)N1CCN(C2CCNCC2)CC1. The molecule has 3 heterocycles. The molecule has 1 unspecified atom stereocenters. The molecule has 0 radical (unpaired) electrons. The summed E-state index contributed by atoms with van der Waals surface area (Å²) in [6.45, 7) is 8.42. The highest BCUT2D eigenvalue weighted by molar-refractivity contribution is 5.70. The van der Waals surface area contributed by atoms with Crippen LogP contribution in [-0.4, -0.2) is 91.6 Å². The summed E-state index contributed by atoms with van der Waals surface area (Å²) in [6, 6.07) is 0.702. The third kappa shape index (κ3) is 5.39. The van der Waals surface area contributed by atoms with Crippen molar-refractivity contribution in [1.82, 2.24) is 25.5 Å². The maximum absolute atomic E-state index is 12.1. The van der Waals surface area contributed by atoms with Crippen LogP contribution in [0.5, 0.6) is 0 Å². The highest BCUT2D eigenvalue weighted by Crippen LogP contribution is 2.21. The number of hydrogen-bond donors (Lipinski definition) is 2. The van der Waals surface area contributed by atoms with Gasteiger partial charge in [0.2, 0.25) is 6.41 Å². The minimum atomic E-state index is -0.367. The van der Waals surface area contributed by atoms with Gasteiger partial charge in [-0.15, -0.1) is 0 Å². The first-order valence-corrected chi connectivity index (χ1v) is 10.1. The lowest BCUT2D eigenvalue weighted by Gasteiger charge is -2.46. The van der Waals surface area contributed by atoms with Crippen LogP contribution in [0.2, 0.25) is 0 Å². The quantitative estimate of drug-likeness (QED) is 0.475. The molecule has 1 amide bonds. The summed E-state index contributed by atoms with van der Waals surface area (Å²) >= 11 is 0. The molecule has 0 bridgehead atoms. The van der Waals surface area contributed by atoms with Crippen molar-refractivity contribution in [1.29, 1.82) is 0 Å². The van der Waals surface area contributed by atoms with E-state index in [1.54, 1.807) is 0 Å². The van der Waals surface area contributed by atoms with E-state index in [1.165, 1.54) is 32.1 Å². The number of carbonyl (C=O) groups is 2. The standard InChI is InChI=1S/C18H33N5O3/c24-15-20-26-18(25)14-17(22-8-2-1-3-9-22)23-12-10-21(11-13-23)16-4-6-19-7-5-16/h15-17,19H,1-14H2,(H,20,24). The van der Waals surface area contributed by atoms with E-state index in [0.717, 1.165) is 52.4 Å². The van der Waals surface area contributed by atoms with Crippen LogP contribution >= 0.6 is 0 Å². The Balaban J connectivity index is 1.55. The van der Waals surface area contributed by atoms with Crippen molar-refractivity contribution < 1.29 is 14.4 Å². The highest BCUT2D eigenvalue weighted by Gasteiger charge is 2.33. The van der Waals surface area contributed by atoms with Crippen molar-refractivity contribution in [2.75, 3.05) is 52.4 Å². The summed E-state index contributed by atoms with van der Waals surface area (Å²) < 4.78 is 0. The van der Waals surface area contributed by atoms with E-state index in [2.05, 4.69) is 20.0 Å².